The predicted molar refractivity (Wildman–Crippen MR) is 51.4 cm³/mol. The molecule has 3 atom stereocenters. The fraction of sp³-hybridized carbons (Fsp3) is 0.833. The first-order valence-corrected chi connectivity index (χ1v) is 5.27. The number of rotatable bonds is 4. The van der Waals surface area contributed by atoms with E-state index in [9.17, 15) is 9.35 Å². The van der Waals surface area contributed by atoms with Crippen LogP contribution in [0.1, 0.15) is 6.92 Å². The molecule has 0 rings (SSSR count). The number of methoxy groups -OCH3 is 1. The van der Waals surface area contributed by atoms with Gasteiger partial charge in [0.2, 0.25) is 0 Å². The Balaban J connectivity index is 3.83. The van der Waals surface area contributed by atoms with Crippen LogP contribution in [0.3, 0.4) is 0 Å². The summed E-state index contributed by atoms with van der Waals surface area (Å²) in [6.07, 6.45) is 0. The number of carbonyl (C=O) groups excluding carboxylic acids is 1. The van der Waals surface area contributed by atoms with Gasteiger partial charge in [0.15, 0.2) is 4.58 Å². The van der Waals surface area contributed by atoms with Crippen LogP contribution < -0.4 is 5.73 Å². The van der Waals surface area contributed by atoms with E-state index in [1.807, 2.05) is 0 Å². The number of carbonyl (C=O) groups is 1. The Bertz CT molecular complexity index is 154. The van der Waals surface area contributed by atoms with Crippen molar-refractivity contribution in [1.82, 2.24) is 0 Å². The average molecular weight is 211 g/mol. The summed E-state index contributed by atoms with van der Waals surface area (Å²) in [4.78, 5) is 10.8. The van der Waals surface area contributed by atoms with Crippen molar-refractivity contribution in [3.63, 3.8) is 0 Å². The zero-order chi connectivity index (χ0) is 9.72. The molecule has 0 aromatic carbocycles. The maximum absolute atomic E-state index is 11.1. The van der Waals surface area contributed by atoms with Gasteiger partial charge in [-0.15, -0.1) is 12.6 Å². The minimum atomic E-state index is -1.19. The third kappa shape index (κ3) is 4.20. The highest BCUT2D eigenvalue weighted by Gasteiger charge is 2.23. The van der Waals surface area contributed by atoms with Crippen molar-refractivity contribution in [1.29, 1.82) is 0 Å². The normalized spacial score (nSPS) is 18.1. The van der Waals surface area contributed by atoms with Gasteiger partial charge in [0.25, 0.3) is 0 Å². The number of esters is 1. The van der Waals surface area contributed by atoms with E-state index in [0.29, 0.717) is 0 Å². The minimum Gasteiger partial charge on any atom is -0.615 e. The van der Waals surface area contributed by atoms with Gasteiger partial charge in [0.1, 0.15) is 11.8 Å². The van der Waals surface area contributed by atoms with Crippen LogP contribution in [0.2, 0.25) is 0 Å². The van der Waals surface area contributed by atoms with E-state index in [4.69, 9.17) is 5.73 Å². The van der Waals surface area contributed by atoms with Crippen LogP contribution >= 0.6 is 12.6 Å². The molecular formula is C6H13NO3S2. The van der Waals surface area contributed by atoms with E-state index in [-0.39, 0.29) is 10.3 Å². The molecule has 72 valence electrons. The smallest absolute Gasteiger partial charge is 0.327 e. The van der Waals surface area contributed by atoms with Crippen molar-refractivity contribution < 1.29 is 14.1 Å². The molecule has 0 aromatic rings. The Kier molecular flexibility index (Phi) is 5.73. The summed E-state index contributed by atoms with van der Waals surface area (Å²) in [6, 6.07) is -0.814. The van der Waals surface area contributed by atoms with Crippen LogP contribution in [0.25, 0.3) is 0 Å². The van der Waals surface area contributed by atoms with Crippen molar-refractivity contribution in [3.05, 3.63) is 0 Å². The van der Waals surface area contributed by atoms with Crippen LogP contribution in [-0.4, -0.2) is 34.0 Å². The van der Waals surface area contributed by atoms with Crippen molar-refractivity contribution in [3.8, 4) is 0 Å². The number of ether oxygens (including phenoxy) is 1. The van der Waals surface area contributed by atoms with E-state index >= 15 is 0 Å². The molecule has 0 saturated carbocycles. The highest BCUT2D eigenvalue weighted by molar-refractivity contribution is 8.04. The van der Waals surface area contributed by atoms with Gasteiger partial charge < -0.3 is 15.0 Å². The largest absolute Gasteiger partial charge is 0.615 e. The van der Waals surface area contributed by atoms with E-state index in [2.05, 4.69) is 17.4 Å². The molecule has 0 bridgehead atoms. The lowest BCUT2D eigenvalue weighted by Crippen LogP contribution is -2.39. The molecule has 0 aliphatic rings. The van der Waals surface area contributed by atoms with Crippen LogP contribution in [0.15, 0.2) is 0 Å². The van der Waals surface area contributed by atoms with Gasteiger partial charge in [0.05, 0.1) is 7.11 Å². The molecule has 6 heteroatoms. The van der Waals surface area contributed by atoms with Gasteiger partial charge in [0, 0.05) is 0 Å². The summed E-state index contributed by atoms with van der Waals surface area (Å²) in [7, 11) is 1.25. The minimum absolute atomic E-state index is 0.0946. The van der Waals surface area contributed by atoms with Crippen LogP contribution in [0, 0.1) is 0 Å². The highest BCUT2D eigenvalue weighted by atomic mass is 32.2. The zero-order valence-electron chi connectivity index (χ0n) is 7.02. The number of hydrogen-bond acceptors (Lipinski definition) is 5. The van der Waals surface area contributed by atoms with Crippen molar-refractivity contribution in [2.45, 2.75) is 17.5 Å². The molecule has 12 heavy (non-hydrogen) atoms. The highest BCUT2D eigenvalue weighted by Crippen LogP contribution is 2.06. The Hall–Kier alpha value is 0.0900. The quantitative estimate of drug-likeness (QED) is 0.374. The monoisotopic (exact) mass is 211 g/mol. The lowest BCUT2D eigenvalue weighted by atomic mass is 10.4. The van der Waals surface area contributed by atoms with E-state index in [1.165, 1.54) is 7.11 Å². The molecule has 0 spiro atoms. The Morgan fingerprint density at radius 3 is 2.67 bits per heavy atom. The SMILES string of the molecule is COC(=O)[C@@H](N)C[S+]([O-])C(C)S. The first-order chi connectivity index (χ1) is 5.49. The molecule has 0 aliphatic heterocycles. The molecule has 0 amide bonds. The summed E-state index contributed by atoms with van der Waals surface area (Å²) in [5.41, 5.74) is 5.36. The Morgan fingerprint density at radius 1 is 1.83 bits per heavy atom. The molecule has 2 unspecified atom stereocenters. The topological polar surface area (TPSA) is 75.4 Å². The fourth-order valence-corrected chi connectivity index (χ4v) is 1.56. The number of hydrogen-bond donors (Lipinski definition) is 2. The molecule has 0 fully saturated rings. The van der Waals surface area contributed by atoms with Gasteiger partial charge >= 0.3 is 5.97 Å². The first kappa shape index (κ1) is 12.1. The van der Waals surface area contributed by atoms with Crippen molar-refractivity contribution in [2.24, 2.45) is 5.73 Å². The molecular weight excluding hydrogens is 198 g/mol. The van der Waals surface area contributed by atoms with E-state index < -0.39 is 23.2 Å². The fourth-order valence-electron chi connectivity index (χ4n) is 0.536. The molecule has 0 aromatic heterocycles. The number of nitrogens with two attached hydrogens (primary N) is 1. The molecule has 2 N–H and O–H groups in total. The standard InChI is InChI=1S/C6H13NO3S2/c1-4(11)12(9)3-5(7)6(8)10-2/h4-5,11H,3,7H2,1-2H3/t4?,5-,12?/m0/s1. The first-order valence-electron chi connectivity index (χ1n) is 3.37. The Labute approximate surface area is 80.4 Å². The average Bonchev–Trinajstić information content (AvgIpc) is 2.02. The summed E-state index contributed by atoms with van der Waals surface area (Å²) in [5, 5.41) is 0. The summed E-state index contributed by atoms with van der Waals surface area (Å²) in [6.45, 7) is 1.68. The maximum atomic E-state index is 11.1. The Morgan fingerprint density at radius 2 is 2.33 bits per heavy atom. The van der Waals surface area contributed by atoms with Gasteiger partial charge in [-0.05, 0) is 18.1 Å². The molecule has 4 nitrogen and oxygen atoms in total. The second-order valence-electron chi connectivity index (χ2n) is 2.28. The molecule has 0 saturated heterocycles. The van der Waals surface area contributed by atoms with Gasteiger partial charge in [-0.3, -0.25) is 4.79 Å². The molecule has 0 radical (unpaired) electrons. The lowest BCUT2D eigenvalue weighted by Gasteiger charge is -2.16. The number of thiol groups is 1. The van der Waals surface area contributed by atoms with Gasteiger partial charge in [-0.25, -0.2) is 0 Å². The van der Waals surface area contributed by atoms with Gasteiger partial charge in [-0.2, -0.15) is 0 Å². The summed E-state index contributed by atoms with van der Waals surface area (Å²) < 4.78 is 15.2. The maximum Gasteiger partial charge on any atom is 0.327 e. The summed E-state index contributed by atoms with van der Waals surface area (Å²) >= 11 is 2.77. The summed E-state index contributed by atoms with van der Waals surface area (Å²) in [5.74, 6) is -0.450. The third-order valence-corrected chi connectivity index (χ3v) is 3.38. The van der Waals surface area contributed by atoms with Gasteiger partial charge in [-0.1, -0.05) is 0 Å². The van der Waals surface area contributed by atoms with Crippen molar-refractivity contribution >= 4 is 29.8 Å². The second-order valence-corrected chi connectivity index (χ2v) is 5.20. The van der Waals surface area contributed by atoms with E-state index in [0.717, 1.165) is 0 Å². The molecule has 0 aliphatic carbocycles. The second kappa shape index (κ2) is 5.69. The molecule has 0 heterocycles. The van der Waals surface area contributed by atoms with Crippen molar-refractivity contribution in [2.75, 3.05) is 12.9 Å². The zero-order valence-corrected chi connectivity index (χ0v) is 8.73. The third-order valence-electron chi connectivity index (χ3n) is 1.23. The van der Waals surface area contributed by atoms with E-state index in [1.54, 1.807) is 6.92 Å². The lowest BCUT2D eigenvalue weighted by molar-refractivity contribution is -0.141. The van der Waals surface area contributed by atoms with Crippen LogP contribution in [0.5, 0.6) is 0 Å². The predicted octanol–water partition coefficient (Wildman–Crippen LogP) is -0.489. The van der Waals surface area contributed by atoms with Crippen LogP contribution in [0.4, 0.5) is 0 Å². The van der Waals surface area contributed by atoms with Crippen LogP contribution in [-0.2, 0) is 20.7 Å².